The Morgan fingerprint density at radius 3 is 2.65 bits per heavy atom. The molecule has 9 nitrogen and oxygen atoms in total. The van der Waals surface area contributed by atoms with Crippen LogP contribution < -0.4 is 16.2 Å². The van der Waals surface area contributed by atoms with Gasteiger partial charge in [-0.15, -0.1) is 0 Å². The van der Waals surface area contributed by atoms with E-state index < -0.39 is 10.0 Å². The van der Waals surface area contributed by atoms with Crippen LogP contribution in [0.4, 0.5) is 5.82 Å². The number of hydrogen-bond acceptors (Lipinski definition) is 7. The lowest BCUT2D eigenvalue weighted by atomic mass is 10.0. The van der Waals surface area contributed by atoms with Crippen molar-refractivity contribution in [2.75, 3.05) is 5.73 Å². The lowest BCUT2D eigenvalue weighted by Gasteiger charge is -2.10. The molecule has 1 aromatic carbocycles. The smallest absolute Gasteiger partial charge is 0.251 e. The number of aromatic nitrogens is 3. The van der Waals surface area contributed by atoms with Crippen molar-refractivity contribution in [3.8, 4) is 0 Å². The van der Waals surface area contributed by atoms with Gasteiger partial charge in [0, 0.05) is 47.7 Å². The number of halogens is 1. The van der Waals surface area contributed by atoms with Crippen molar-refractivity contribution in [1.82, 2.24) is 20.3 Å². The van der Waals surface area contributed by atoms with Gasteiger partial charge in [0.25, 0.3) is 5.91 Å². The Kier molecular flexibility index (Phi) is 6.47. The number of carbonyl (C=O) groups excluding carboxylic acids is 1. The molecule has 174 valence electrons. The fourth-order valence-electron chi connectivity index (χ4n) is 3.57. The van der Waals surface area contributed by atoms with E-state index in [9.17, 15) is 13.2 Å². The second-order valence-corrected chi connectivity index (χ2v) is 9.71. The summed E-state index contributed by atoms with van der Waals surface area (Å²) in [6.07, 6.45) is 3.16. The minimum atomic E-state index is -4.02. The first-order valence-corrected chi connectivity index (χ1v) is 12.1. The van der Waals surface area contributed by atoms with E-state index in [4.69, 9.17) is 22.5 Å². The number of nitrogen functional groups attached to an aromatic ring is 1. The summed E-state index contributed by atoms with van der Waals surface area (Å²) in [5.41, 5.74) is 9.14. The maximum Gasteiger partial charge on any atom is 0.251 e. The molecule has 4 aromatic rings. The predicted molar refractivity (Wildman–Crippen MR) is 130 cm³/mol. The number of pyridine rings is 3. The first-order valence-electron chi connectivity index (χ1n) is 10.2. The van der Waals surface area contributed by atoms with Gasteiger partial charge in [-0.1, -0.05) is 17.7 Å². The van der Waals surface area contributed by atoms with E-state index in [1.165, 1.54) is 18.5 Å². The van der Waals surface area contributed by atoms with Crippen LogP contribution in [0.3, 0.4) is 0 Å². The first-order chi connectivity index (χ1) is 16.1. The van der Waals surface area contributed by atoms with Crippen molar-refractivity contribution in [2.24, 2.45) is 5.14 Å². The van der Waals surface area contributed by atoms with Gasteiger partial charge in [-0.25, -0.2) is 18.5 Å². The van der Waals surface area contributed by atoms with Gasteiger partial charge in [-0.3, -0.25) is 14.8 Å². The van der Waals surface area contributed by atoms with E-state index >= 15 is 0 Å². The maximum atomic E-state index is 12.7. The number of hydrogen-bond donors (Lipinski definition) is 3. The molecule has 5 N–H and O–H groups in total. The summed E-state index contributed by atoms with van der Waals surface area (Å²) in [5.74, 6) is 0.142. The topological polar surface area (TPSA) is 154 Å². The summed E-state index contributed by atoms with van der Waals surface area (Å²) in [6.45, 7) is 2.12. The molecule has 0 bridgehead atoms. The zero-order valence-electron chi connectivity index (χ0n) is 18.1. The van der Waals surface area contributed by atoms with Crippen molar-refractivity contribution in [2.45, 2.75) is 24.8 Å². The number of amides is 1. The van der Waals surface area contributed by atoms with Crippen molar-refractivity contribution >= 4 is 44.3 Å². The van der Waals surface area contributed by atoms with Gasteiger partial charge in [-0.05, 0) is 54.4 Å². The zero-order valence-corrected chi connectivity index (χ0v) is 19.7. The molecule has 3 aromatic heterocycles. The molecule has 0 atom stereocenters. The van der Waals surface area contributed by atoms with Crippen molar-refractivity contribution in [3.05, 3.63) is 88.0 Å². The largest absolute Gasteiger partial charge is 0.384 e. The van der Waals surface area contributed by atoms with Crippen LogP contribution in [0.2, 0.25) is 5.02 Å². The van der Waals surface area contributed by atoms with Crippen molar-refractivity contribution in [3.63, 3.8) is 0 Å². The van der Waals surface area contributed by atoms with Crippen LogP contribution in [-0.2, 0) is 23.0 Å². The highest BCUT2D eigenvalue weighted by molar-refractivity contribution is 7.89. The number of fused-ring (bicyclic) bond motifs is 1. The maximum absolute atomic E-state index is 12.7. The molecule has 4 rings (SSSR count). The van der Waals surface area contributed by atoms with Crippen LogP contribution in [-0.4, -0.2) is 29.3 Å². The molecule has 1 amide bonds. The molecule has 0 aliphatic carbocycles. The van der Waals surface area contributed by atoms with E-state index in [-0.39, 0.29) is 22.7 Å². The van der Waals surface area contributed by atoms with E-state index in [2.05, 4.69) is 20.3 Å². The van der Waals surface area contributed by atoms with Gasteiger partial charge in [0.2, 0.25) is 10.0 Å². The molecule has 0 saturated carbocycles. The van der Waals surface area contributed by atoms with Gasteiger partial charge in [-0.2, -0.15) is 0 Å². The highest BCUT2D eigenvalue weighted by Gasteiger charge is 2.17. The number of anilines is 1. The molecule has 0 aliphatic heterocycles. The van der Waals surface area contributed by atoms with Crippen LogP contribution in [0, 0.1) is 6.92 Å². The van der Waals surface area contributed by atoms with Gasteiger partial charge in [0.15, 0.2) is 0 Å². The zero-order chi connectivity index (χ0) is 24.5. The Hall–Kier alpha value is -3.60. The summed E-state index contributed by atoms with van der Waals surface area (Å²) in [6, 6.07) is 11.6. The van der Waals surface area contributed by atoms with Crippen LogP contribution in [0.1, 0.15) is 32.9 Å². The second-order valence-electron chi connectivity index (χ2n) is 7.74. The molecule has 0 fully saturated rings. The molecule has 34 heavy (non-hydrogen) atoms. The Morgan fingerprint density at radius 1 is 1.12 bits per heavy atom. The summed E-state index contributed by atoms with van der Waals surface area (Å²) in [4.78, 5) is 25.2. The molecule has 0 unspecified atom stereocenters. The van der Waals surface area contributed by atoms with Crippen LogP contribution in [0.15, 0.2) is 59.8 Å². The highest BCUT2D eigenvalue weighted by Crippen LogP contribution is 2.26. The van der Waals surface area contributed by atoms with Gasteiger partial charge in [0.05, 0.1) is 10.5 Å². The number of aryl methyl sites for hydroxylation is 1. The third-order valence-electron chi connectivity index (χ3n) is 5.20. The summed E-state index contributed by atoms with van der Waals surface area (Å²) in [5, 5.41) is 9.17. The number of nitrogens with zero attached hydrogens (tertiary/aromatic N) is 3. The SMILES string of the molecule is Cc1nc(N)ccc1CNC(=O)c1ccnc(Cc2cc(S(N)(=O)=O)c3ncc(Cl)cc3c2)c1. The Morgan fingerprint density at radius 2 is 1.91 bits per heavy atom. The second kappa shape index (κ2) is 9.34. The van der Waals surface area contributed by atoms with Gasteiger partial charge in [0.1, 0.15) is 10.7 Å². The van der Waals surface area contributed by atoms with Crippen LogP contribution in [0.5, 0.6) is 0 Å². The molecule has 0 spiro atoms. The lowest BCUT2D eigenvalue weighted by Crippen LogP contribution is -2.23. The van der Waals surface area contributed by atoms with E-state index in [1.807, 2.05) is 13.0 Å². The monoisotopic (exact) mass is 496 g/mol. The fraction of sp³-hybridized carbons (Fsp3) is 0.130. The Labute approximate surface area is 201 Å². The van der Waals surface area contributed by atoms with E-state index in [0.29, 0.717) is 39.6 Å². The minimum absolute atomic E-state index is 0.0990. The van der Waals surface area contributed by atoms with Crippen molar-refractivity contribution in [1.29, 1.82) is 0 Å². The van der Waals surface area contributed by atoms with Gasteiger partial charge >= 0.3 is 0 Å². The number of rotatable bonds is 6. The normalized spacial score (nSPS) is 11.5. The third-order valence-corrected chi connectivity index (χ3v) is 6.33. The van der Waals surface area contributed by atoms with Crippen molar-refractivity contribution < 1.29 is 13.2 Å². The van der Waals surface area contributed by atoms with Gasteiger partial charge < -0.3 is 11.1 Å². The minimum Gasteiger partial charge on any atom is -0.384 e. The summed E-state index contributed by atoms with van der Waals surface area (Å²) >= 11 is 6.03. The molecule has 0 aliphatic rings. The Bertz CT molecular complexity index is 1520. The van der Waals surface area contributed by atoms with E-state index in [1.54, 1.807) is 30.3 Å². The fourth-order valence-corrected chi connectivity index (χ4v) is 4.49. The molecular formula is C23H21ClN6O3S. The highest BCUT2D eigenvalue weighted by atomic mass is 35.5. The predicted octanol–water partition coefficient (Wildman–Crippen LogP) is 2.74. The standard InChI is InChI=1S/C23H21ClN6O3S/c1-13-16(2-3-21(25)30-13)11-29-23(31)15-4-5-27-19(10-15)7-14-6-17-9-18(24)12-28-22(17)20(8-14)34(26,32)33/h2-6,8-10,12H,7,11H2,1H3,(H2,25,30)(H,29,31)(H2,26,32,33). The first kappa shape index (κ1) is 23.6. The van der Waals surface area contributed by atoms with Crippen LogP contribution >= 0.6 is 11.6 Å². The van der Waals surface area contributed by atoms with E-state index in [0.717, 1.165) is 11.3 Å². The number of benzene rings is 1. The number of nitrogens with two attached hydrogens (primary N) is 2. The number of nitrogens with one attached hydrogen (secondary N) is 1. The number of primary sulfonamides is 1. The average molecular weight is 497 g/mol. The molecule has 11 heteroatoms. The molecule has 0 radical (unpaired) electrons. The average Bonchev–Trinajstić information content (AvgIpc) is 2.77. The quantitative estimate of drug-likeness (QED) is 0.370. The summed E-state index contributed by atoms with van der Waals surface area (Å²) < 4.78 is 24.3. The number of carbonyl (C=O) groups is 1. The molecular weight excluding hydrogens is 476 g/mol. The summed E-state index contributed by atoms with van der Waals surface area (Å²) in [7, 11) is -4.02. The Balaban J connectivity index is 1.58. The third kappa shape index (κ3) is 5.30. The number of sulfonamides is 1. The lowest BCUT2D eigenvalue weighted by molar-refractivity contribution is 0.0950. The molecule has 3 heterocycles. The van der Waals surface area contributed by atoms with Crippen LogP contribution in [0.25, 0.3) is 10.9 Å². The molecule has 0 saturated heterocycles.